The van der Waals surface area contributed by atoms with Crippen LogP contribution < -0.4 is 0 Å². The minimum Gasteiger partial charge on any atom is -0.363 e. The molecule has 3 rings (SSSR count). The summed E-state index contributed by atoms with van der Waals surface area (Å²) < 4.78 is 5.42. The van der Waals surface area contributed by atoms with Crippen molar-refractivity contribution in [2.75, 3.05) is 6.61 Å². The molecule has 0 saturated carbocycles. The van der Waals surface area contributed by atoms with Gasteiger partial charge in [-0.15, -0.1) is 0 Å². The molecule has 0 aromatic carbocycles. The van der Waals surface area contributed by atoms with Gasteiger partial charge in [-0.2, -0.15) is 0 Å². The molecule has 1 fully saturated rings. The van der Waals surface area contributed by atoms with Crippen LogP contribution in [0.5, 0.6) is 0 Å². The summed E-state index contributed by atoms with van der Waals surface area (Å²) in [6.07, 6.45) is 4.14. The number of fused-ring (bicyclic) bond motifs is 2. The molecule has 0 N–H and O–H groups in total. The number of rotatable bonds is 0. The van der Waals surface area contributed by atoms with Crippen molar-refractivity contribution < 1.29 is 4.74 Å². The zero-order valence-electron chi connectivity index (χ0n) is 6.21. The third-order valence-electron chi connectivity index (χ3n) is 2.61. The second-order valence-electron chi connectivity index (χ2n) is 3.29. The molecule has 1 spiro atoms. The zero-order valence-corrected chi connectivity index (χ0v) is 6.21. The average Bonchev–Trinajstić information content (AvgIpc) is 2.72. The van der Waals surface area contributed by atoms with Crippen LogP contribution in [0.2, 0.25) is 0 Å². The molecular weight excluding hydrogens is 138 g/mol. The number of pyridine rings is 1. The lowest BCUT2D eigenvalue weighted by atomic mass is 10.1. The largest absolute Gasteiger partial charge is 0.363 e. The van der Waals surface area contributed by atoms with E-state index < -0.39 is 0 Å². The summed E-state index contributed by atoms with van der Waals surface area (Å²) in [6, 6.07) is 4.15. The maximum absolute atomic E-state index is 5.42. The van der Waals surface area contributed by atoms with E-state index in [1.165, 1.54) is 11.3 Å². The first kappa shape index (κ1) is 5.72. The van der Waals surface area contributed by atoms with E-state index in [4.69, 9.17) is 4.74 Å². The first-order valence-corrected chi connectivity index (χ1v) is 3.99. The molecule has 1 aromatic heterocycles. The van der Waals surface area contributed by atoms with Crippen LogP contribution in [0.1, 0.15) is 17.7 Å². The molecule has 1 atom stereocenters. The fourth-order valence-electron chi connectivity index (χ4n) is 1.87. The second kappa shape index (κ2) is 1.64. The van der Waals surface area contributed by atoms with Crippen molar-refractivity contribution in [2.24, 2.45) is 0 Å². The van der Waals surface area contributed by atoms with Gasteiger partial charge >= 0.3 is 0 Å². The van der Waals surface area contributed by atoms with Crippen LogP contribution in [0.15, 0.2) is 18.3 Å². The van der Waals surface area contributed by atoms with Crippen LogP contribution in [0.3, 0.4) is 0 Å². The van der Waals surface area contributed by atoms with Crippen LogP contribution in [-0.4, -0.2) is 11.6 Å². The third-order valence-corrected chi connectivity index (χ3v) is 2.61. The molecule has 0 amide bonds. The minimum absolute atomic E-state index is 0.0661. The predicted molar refractivity (Wildman–Crippen MR) is 40.2 cm³/mol. The van der Waals surface area contributed by atoms with Gasteiger partial charge in [0.1, 0.15) is 5.60 Å². The molecule has 1 unspecified atom stereocenters. The Balaban J connectivity index is 2.21. The standard InChI is InChI=1S/C9H9NO/c1-2-7-3-4-9(6-11-9)8(7)10-5-1/h1-2,5H,3-4,6H2. The van der Waals surface area contributed by atoms with Gasteiger partial charge in [-0.05, 0) is 24.5 Å². The summed E-state index contributed by atoms with van der Waals surface area (Å²) in [5.41, 5.74) is 2.64. The molecule has 1 aliphatic carbocycles. The average molecular weight is 147 g/mol. The molecule has 0 radical (unpaired) electrons. The summed E-state index contributed by atoms with van der Waals surface area (Å²) in [7, 11) is 0. The highest BCUT2D eigenvalue weighted by atomic mass is 16.6. The molecule has 1 aliphatic heterocycles. The van der Waals surface area contributed by atoms with Crippen molar-refractivity contribution in [1.82, 2.24) is 4.98 Å². The highest BCUT2D eigenvalue weighted by Gasteiger charge is 2.51. The molecule has 1 aromatic rings. The molecule has 56 valence electrons. The summed E-state index contributed by atoms with van der Waals surface area (Å²) in [5, 5.41) is 0. The smallest absolute Gasteiger partial charge is 0.134 e. The fraction of sp³-hybridized carbons (Fsp3) is 0.444. The SMILES string of the molecule is c1cnc2c(c1)CCC21CO1. The van der Waals surface area contributed by atoms with Crippen molar-refractivity contribution in [2.45, 2.75) is 18.4 Å². The van der Waals surface area contributed by atoms with Gasteiger partial charge < -0.3 is 4.74 Å². The number of nitrogens with zero attached hydrogens (tertiary/aromatic N) is 1. The van der Waals surface area contributed by atoms with E-state index in [0.29, 0.717) is 0 Å². The third kappa shape index (κ3) is 0.627. The lowest BCUT2D eigenvalue weighted by Gasteiger charge is -2.00. The van der Waals surface area contributed by atoms with Gasteiger partial charge in [0.25, 0.3) is 0 Å². The quantitative estimate of drug-likeness (QED) is 0.516. The van der Waals surface area contributed by atoms with Gasteiger partial charge in [0.2, 0.25) is 0 Å². The van der Waals surface area contributed by atoms with Crippen molar-refractivity contribution >= 4 is 0 Å². The Morgan fingerprint density at radius 1 is 1.55 bits per heavy atom. The molecule has 2 nitrogen and oxygen atoms in total. The van der Waals surface area contributed by atoms with E-state index in [0.717, 1.165) is 19.4 Å². The first-order valence-electron chi connectivity index (χ1n) is 3.99. The number of ether oxygens (including phenoxy) is 1. The molecule has 2 heterocycles. The van der Waals surface area contributed by atoms with Crippen LogP contribution in [0, 0.1) is 0 Å². The number of hydrogen-bond donors (Lipinski definition) is 0. The lowest BCUT2D eigenvalue weighted by molar-refractivity contribution is 0.303. The maximum atomic E-state index is 5.42. The summed E-state index contributed by atoms with van der Waals surface area (Å²) in [6.45, 7) is 0.886. The summed E-state index contributed by atoms with van der Waals surface area (Å²) in [4.78, 5) is 4.35. The van der Waals surface area contributed by atoms with E-state index in [9.17, 15) is 0 Å². The van der Waals surface area contributed by atoms with E-state index in [1.54, 1.807) is 0 Å². The van der Waals surface area contributed by atoms with Gasteiger partial charge in [-0.25, -0.2) is 0 Å². The first-order chi connectivity index (χ1) is 5.41. The Labute approximate surface area is 65.2 Å². The molecule has 2 heteroatoms. The molecule has 0 bridgehead atoms. The Bertz CT molecular complexity index is 304. The van der Waals surface area contributed by atoms with E-state index in [-0.39, 0.29) is 5.60 Å². The number of epoxide rings is 1. The Kier molecular flexibility index (Phi) is 0.853. The van der Waals surface area contributed by atoms with Gasteiger partial charge in [-0.1, -0.05) is 6.07 Å². The predicted octanol–water partition coefficient (Wildman–Crippen LogP) is 1.25. The Morgan fingerprint density at radius 3 is 3.27 bits per heavy atom. The molecule has 2 aliphatic rings. The summed E-state index contributed by atoms with van der Waals surface area (Å²) in [5.74, 6) is 0. The van der Waals surface area contributed by atoms with E-state index in [2.05, 4.69) is 11.1 Å². The topological polar surface area (TPSA) is 25.4 Å². The highest BCUT2D eigenvalue weighted by Crippen LogP contribution is 2.47. The van der Waals surface area contributed by atoms with Crippen LogP contribution in [0.25, 0.3) is 0 Å². The number of hydrogen-bond acceptors (Lipinski definition) is 2. The monoisotopic (exact) mass is 147 g/mol. The minimum atomic E-state index is 0.0661. The zero-order chi connectivity index (χ0) is 7.31. The van der Waals surface area contributed by atoms with Crippen LogP contribution in [-0.2, 0) is 16.8 Å². The van der Waals surface area contributed by atoms with Crippen molar-refractivity contribution in [3.63, 3.8) is 0 Å². The second-order valence-corrected chi connectivity index (χ2v) is 3.29. The lowest BCUT2D eigenvalue weighted by Crippen LogP contribution is -2.04. The van der Waals surface area contributed by atoms with E-state index >= 15 is 0 Å². The van der Waals surface area contributed by atoms with Crippen molar-refractivity contribution in [3.8, 4) is 0 Å². The Hall–Kier alpha value is -0.890. The van der Waals surface area contributed by atoms with Gasteiger partial charge in [0.05, 0.1) is 12.3 Å². The Morgan fingerprint density at radius 2 is 2.45 bits per heavy atom. The molecule has 1 saturated heterocycles. The summed E-state index contributed by atoms with van der Waals surface area (Å²) >= 11 is 0. The van der Waals surface area contributed by atoms with Gasteiger partial charge in [0, 0.05) is 6.20 Å². The van der Waals surface area contributed by atoms with Crippen LogP contribution in [0.4, 0.5) is 0 Å². The normalized spacial score (nSPS) is 32.4. The fourth-order valence-corrected chi connectivity index (χ4v) is 1.87. The number of aryl methyl sites for hydroxylation is 1. The van der Waals surface area contributed by atoms with Crippen LogP contribution >= 0.6 is 0 Å². The highest BCUT2D eigenvalue weighted by molar-refractivity contribution is 5.34. The maximum Gasteiger partial charge on any atom is 0.134 e. The molecular formula is C9H9NO. The van der Waals surface area contributed by atoms with E-state index in [1.807, 2.05) is 12.3 Å². The number of aromatic nitrogens is 1. The van der Waals surface area contributed by atoms with Gasteiger partial charge in [-0.3, -0.25) is 4.98 Å². The molecule has 11 heavy (non-hydrogen) atoms. The van der Waals surface area contributed by atoms with Gasteiger partial charge in [0.15, 0.2) is 0 Å². The van der Waals surface area contributed by atoms with Crippen molar-refractivity contribution in [1.29, 1.82) is 0 Å². The van der Waals surface area contributed by atoms with Crippen molar-refractivity contribution in [3.05, 3.63) is 29.6 Å².